The van der Waals surface area contributed by atoms with Crippen molar-refractivity contribution in [2.24, 2.45) is 0 Å². The van der Waals surface area contributed by atoms with Crippen molar-refractivity contribution in [3.8, 4) is 5.69 Å². The number of carbonyl (C=O) groups is 3. The number of nitrogens with zero attached hydrogens (tertiary/aromatic N) is 5. The fourth-order valence-electron chi connectivity index (χ4n) is 4.03. The van der Waals surface area contributed by atoms with E-state index in [4.69, 9.17) is 0 Å². The van der Waals surface area contributed by atoms with Crippen molar-refractivity contribution in [2.45, 2.75) is 51.5 Å². The van der Waals surface area contributed by atoms with Crippen LogP contribution in [0.2, 0.25) is 0 Å². The van der Waals surface area contributed by atoms with E-state index in [2.05, 4.69) is 26.2 Å². The lowest BCUT2D eigenvalue weighted by atomic mass is 9.82. The number of hydrogen-bond donors (Lipinski definition) is 2. The Morgan fingerprint density at radius 3 is 2.66 bits per heavy atom. The number of hydrogen-bond acceptors (Lipinski definition) is 6. The molecule has 2 heterocycles. The van der Waals surface area contributed by atoms with Crippen LogP contribution in [0.5, 0.6) is 0 Å². The number of amides is 4. The predicted octanol–water partition coefficient (Wildman–Crippen LogP) is 1.47. The smallest absolute Gasteiger partial charge is 0.324 e. The van der Waals surface area contributed by atoms with Gasteiger partial charge in [0.15, 0.2) is 5.82 Å². The van der Waals surface area contributed by atoms with Gasteiger partial charge in [-0.3, -0.25) is 14.5 Å². The Balaban J connectivity index is 1.47. The molecule has 2 fully saturated rings. The van der Waals surface area contributed by atoms with Crippen LogP contribution < -0.4 is 10.6 Å². The summed E-state index contributed by atoms with van der Waals surface area (Å²) in [6, 6.07) is 4.85. The minimum atomic E-state index is -0.829. The van der Waals surface area contributed by atoms with Crippen LogP contribution in [0.15, 0.2) is 18.2 Å². The molecule has 1 saturated heterocycles. The molecule has 1 saturated carbocycles. The van der Waals surface area contributed by atoms with Crippen molar-refractivity contribution in [3.05, 3.63) is 29.6 Å². The van der Waals surface area contributed by atoms with E-state index in [1.54, 1.807) is 23.7 Å². The number of rotatable bonds is 4. The van der Waals surface area contributed by atoms with Crippen molar-refractivity contribution >= 4 is 23.5 Å². The summed E-state index contributed by atoms with van der Waals surface area (Å²) in [5.74, 6) is -0.121. The third-order valence-corrected chi connectivity index (χ3v) is 5.60. The molecule has 2 aromatic rings. The second kappa shape index (κ2) is 7.26. The van der Waals surface area contributed by atoms with Crippen LogP contribution in [0.1, 0.15) is 43.5 Å². The molecule has 4 amide bonds. The minimum Gasteiger partial charge on any atom is -0.324 e. The van der Waals surface area contributed by atoms with E-state index in [0.717, 1.165) is 35.4 Å². The van der Waals surface area contributed by atoms with Gasteiger partial charge in [-0.05, 0) is 54.8 Å². The van der Waals surface area contributed by atoms with Crippen LogP contribution in [0.25, 0.3) is 5.69 Å². The number of nitrogens with one attached hydrogen (secondary N) is 2. The second-order valence-electron chi connectivity index (χ2n) is 7.65. The van der Waals surface area contributed by atoms with Gasteiger partial charge in [0.1, 0.15) is 12.1 Å². The SMILES string of the molecule is Cc1ccc(NC(=O)CN2C(=O)NC3(CCCCC3)C2=O)cc1-n1nnnc1C. The van der Waals surface area contributed by atoms with E-state index in [1.807, 2.05) is 13.0 Å². The third kappa shape index (κ3) is 3.45. The zero-order valence-corrected chi connectivity index (χ0v) is 16.4. The Morgan fingerprint density at radius 1 is 1.21 bits per heavy atom. The average molecular weight is 397 g/mol. The number of imide groups is 1. The molecule has 2 N–H and O–H groups in total. The molecular weight excluding hydrogens is 374 g/mol. The Labute approximate surface area is 167 Å². The Kier molecular flexibility index (Phi) is 4.77. The fourth-order valence-corrected chi connectivity index (χ4v) is 4.03. The zero-order chi connectivity index (χ0) is 20.6. The first-order valence-corrected chi connectivity index (χ1v) is 9.70. The van der Waals surface area contributed by atoms with Gasteiger partial charge < -0.3 is 10.6 Å². The molecule has 1 aromatic heterocycles. The van der Waals surface area contributed by atoms with Crippen LogP contribution >= 0.6 is 0 Å². The fraction of sp³-hybridized carbons (Fsp3) is 0.474. The first kappa shape index (κ1) is 19.0. The van der Waals surface area contributed by atoms with Gasteiger partial charge in [0.05, 0.1) is 5.69 Å². The van der Waals surface area contributed by atoms with Gasteiger partial charge in [-0.25, -0.2) is 4.79 Å². The summed E-state index contributed by atoms with van der Waals surface area (Å²) >= 11 is 0. The quantitative estimate of drug-likeness (QED) is 0.754. The summed E-state index contributed by atoms with van der Waals surface area (Å²) in [6.07, 6.45) is 4.11. The lowest BCUT2D eigenvalue weighted by Gasteiger charge is -2.30. The molecule has 2 aliphatic rings. The van der Waals surface area contributed by atoms with Gasteiger partial charge >= 0.3 is 6.03 Å². The largest absolute Gasteiger partial charge is 0.325 e. The molecule has 10 heteroatoms. The van der Waals surface area contributed by atoms with Crippen molar-refractivity contribution < 1.29 is 14.4 Å². The molecule has 1 aromatic carbocycles. The summed E-state index contributed by atoms with van der Waals surface area (Å²) in [5.41, 5.74) is 1.38. The maximum Gasteiger partial charge on any atom is 0.325 e. The van der Waals surface area contributed by atoms with Gasteiger partial charge in [-0.2, -0.15) is 4.68 Å². The van der Waals surface area contributed by atoms with Crippen LogP contribution in [0.3, 0.4) is 0 Å². The third-order valence-electron chi connectivity index (χ3n) is 5.60. The number of tetrazole rings is 1. The average Bonchev–Trinajstić information content (AvgIpc) is 3.21. The number of benzene rings is 1. The highest BCUT2D eigenvalue weighted by Crippen LogP contribution is 2.33. The van der Waals surface area contributed by atoms with Crippen LogP contribution in [0, 0.1) is 13.8 Å². The normalized spacial score (nSPS) is 18.2. The highest BCUT2D eigenvalue weighted by atomic mass is 16.2. The maximum absolute atomic E-state index is 12.8. The molecule has 152 valence electrons. The predicted molar refractivity (Wildman–Crippen MR) is 103 cm³/mol. The highest BCUT2D eigenvalue weighted by Gasteiger charge is 2.51. The Bertz CT molecular complexity index is 978. The van der Waals surface area contributed by atoms with Crippen LogP contribution in [-0.2, 0) is 9.59 Å². The molecule has 10 nitrogen and oxygen atoms in total. The molecular formula is C19H23N7O3. The summed E-state index contributed by atoms with van der Waals surface area (Å²) in [5, 5.41) is 17.0. The number of anilines is 1. The molecule has 0 radical (unpaired) electrons. The monoisotopic (exact) mass is 397 g/mol. The molecule has 0 unspecified atom stereocenters. The number of aryl methyl sites for hydroxylation is 2. The summed E-state index contributed by atoms with van der Waals surface area (Å²) < 4.78 is 1.58. The molecule has 1 spiro atoms. The topological polar surface area (TPSA) is 122 Å². The Hall–Kier alpha value is -3.30. The van der Waals surface area contributed by atoms with Gasteiger partial charge in [0.25, 0.3) is 5.91 Å². The lowest BCUT2D eigenvalue weighted by Crippen LogP contribution is -2.48. The van der Waals surface area contributed by atoms with Crippen molar-refractivity contribution in [1.82, 2.24) is 30.4 Å². The lowest BCUT2D eigenvalue weighted by molar-refractivity contribution is -0.134. The van der Waals surface area contributed by atoms with Gasteiger partial charge in [0, 0.05) is 5.69 Å². The second-order valence-corrected chi connectivity index (χ2v) is 7.65. The first-order chi connectivity index (χ1) is 13.9. The molecule has 0 atom stereocenters. The molecule has 1 aliphatic heterocycles. The highest BCUT2D eigenvalue weighted by molar-refractivity contribution is 6.10. The van der Waals surface area contributed by atoms with E-state index in [0.29, 0.717) is 24.4 Å². The zero-order valence-electron chi connectivity index (χ0n) is 16.4. The summed E-state index contributed by atoms with van der Waals surface area (Å²) in [4.78, 5) is 38.7. The molecule has 0 bridgehead atoms. The number of urea groups is 1. The maximum atomic E-state index is 12.8. The van der Waals surface area contributed by atoms with Crippen molar-refractivity contribution in [3.63, 3.8) is 0 Å². The van der Waals surface area contributed by atoms with E-state index >= 15 is 0 Å². The molecule has 1 aliphatic carbocycles. The van der Waals surface area contributed by atoms with E-state index in [-0.39, 0.29) is 12.5 Å². The summed E-state index contributed by atoms with van der Waals surface area (Å²) in [7, 11) is 0. The number of aromatic nitrogens is 4. The van der Waals surface area contributed by atoms with Gasteiger partial charge in [-0.15, -0.1) is 5.10 Å². The molecule has 29 heavy (non-hydrogen) atoms. The number of carbonyl (C=O) groups excluding carboxylic acids is 3. The summed E-state index contributed by atoms with van der Waals surface area (Å²) in [6.45, 7) is 3.38. The van der Waals surface area contributed by atoms with Crippen LogP contribution in [-0.4, -0.2) is 55.0 Å². The van der Waals surface area contributed by atoms with Crippen LogP contribution in [0.4, 0.5) is 10.5 Å². The minimum absolute atomic E-state index is 0.300. The first-order valence-electron chi connectivity index (χ1n) is 9.70. The van der Waals surface area contributed by atoms with E-state index in [9.17, 15) is 14.4 Å². The van der Waals surface area contributed by atoms with Gasteiger partial charge in [0.2, 0.25) is 5.91 Å². The van der Waals surface area contributed by atoms with Crippen molar-refractivity contribution in [2.75, 3.05) is 11.9 Å². The van der Waals surface area contributed by atoms with Crippen molar-refractivity contribution in [1.29, 1.82) is 0 Å². The van der Waals surface area contributed by atoms with E-state index < -0.39 is 17.5 Å². The van der Waals surface area contributed by atoms with E-state index in [1.165, 1.54) is 0 Å². The molecule has 4 rings (SSSR count). The van der Waals surface area contributed by atoms with Gasteiger partial charge in [-0.1, -0.05) is 25.3 Å². The Morgan fingerprint density at radius 2 is 1.97 bits per heavy atom. The standard InChI is InChI=1S/C19H23N7O3/c1-12-6-7-14(10-15(12)26-13(2)22-23-24-26)20-16(27)11-25-17(28)19(21-18(25)29)8-4-3-5-9-19/h6-7,10H,3-5,8-9,11H2,1-2H3,(H,20,27)(H,21,29).